The fourth-order valence-electron chi connectivity index (χ4n) is 4.36. The molecule has 0 radical (unpaired) electrons. The molecular weight excluding hydrogens is 338 g/mol. The molecule has 3 unspecified atom stereocenters. The van der Waals surface area contributed by atoms with E-state index >= 15 is 0 Å². The Kier molecular flexibility index (Phi) is 10.1. The number of unbranched alkanes of at least 4 members (excludes halogenated alkanes) is 2. The van der Waals surface area contributed by atoms with E-state index < -0.39 is 0 Å². The molecule has 1 nitrogen and oxygen atoms in total. The minimum atomic E-state index is 0.486. The van der Waals surface area contributed by atoms with E-state index in [1.807, 2.05) is 0 Å². The van der Waals surface area contributed by atoms with Crippen molar-refractivity contribution in [3.05, 3.63) is 59.8 Å². The molecule has 0 bridgehead atoms. The SMILES string of the molecule is C=C1/C=C\C=C\CC(C)/C1=C/C(=C\CCCC)C(C)N1CCCCC(C)CC1. The molecule has 1 saturated heterocycles. The Labute approximate surface area is 175 Å². The second-order valence-electron chi connectivity index (χ2n) is 9.00. The summed E-state index contributed by atoms with van der Waals surface area (Å²) in [6.45, 7) is 16.3. The lowest BCUT2D eigenvalue weighted by Gasteiger charge is -2.33. The third kappa shape index (κ3) is 7.24. The third-order valence-corrected chi connectivity index (χ3v) is 6.53. The first-order valence-corrected chi connectivity index (χ1v) is 11.7. The third-order valence-electron chi connectivity index (χ3n) is 6.53. The molecule has 0 aromatic heterocycles. The summed E-state index contributed by atoms with van der Waals surface area (Å²) in [6, 6.07) is 0.486. The average molecular weight is 382 g/mol. The lowest BCUT2D eigenvalue weighted by atomic mass is 9.87. The molecule has 0 saturated carbocycles. The molecule has 28 heavy (non-hydrogen) atoms. The number of allylic oxidation sites excluding steroid dienone is 7. The molecule has 3 atom stereocenters. The lowest BCUT2D eigenvalue weighted by Crippen LogP contribution is -2.37. The first-order chi connectivity index (χ1) is 13.5. The molecule has 1 heteroatoms. The van der Waals surface area contributed by atoms with Crippen molar-refractivity contribution in [2.75, 3.05) is 13.1 Å². The van der Waals surface area contributed by atoms with E-state index in [2.05, 4.69) is 75.6 Å². The van der Waals surface area contributed by atoms with Crippen molar-refractivity contribution in [2.45, 2.75) is 85.1 Å². The van der Waals surface area contributed by atoms with E-state index in [9.17, 15) is 0 Å². The predicted molar refractivity (Wildman–Crippen MR) is 126 cm³/mol. The van der Waals surface area contributed by atoms with Crippen LogP contribution in [0.25, 0.3) is 0 Å². The van der Waals surface area contributed by atoms with Crippen LogP contribution in [0.2, 0.25) is 0 Å². The second-order valence-corrected chi connectivity index (χ2v) is 9.00. The zero-order valence-corrected chi connectivity index (χ0v) is 18.9. The summed E-state index contributed by atoms with van der Waals surface area (Å²) in [7, 11) is 0. The highest BCUT2D eigenvalue weighted by Crippen LogP contribution is 2.29. The maximum absolute atomic E-state index is 4.38. The molecular formula is C27H43N. The Morgan fingerprint density at radius 1 is 1.21 bits per heavy atom. The number of hydrogen-bond acceptors (Lipinski definition) is 1. The zero-order chi connectivity index (χ0) is 20.4. The van der Waals surface area contributed by atoms with Crippen molar-refractivity contribution >= 4 is 0 Å². The van der Waals surface area contributed by atoms with Gasteiger partial charge in [0.05, 0.1) is 0 Å². The number of nitrogens with zero attached hydrogens (tertiary/aromatic N) is 1. The van der Waals surface area contributed by atoms with E-state index in [0.29, 0.717) is 12.0 Å². The summed E-state index contributed by atoms with van der Waals surface area (Å²) in [6.07, 6.45) is 24.0. The van der Waals surface area contributed by atoms with Gasteiger partial charge in [-0.1, -0.05) is 89.5 Å². The van der Waals surface area contributed by atoms with Crippen LogP contribution in [0, 0.1) is 11.8 Å². The summed E-state index contributed by atoms with van der Waals surface area (Å²) in [4.78, 5) is 2.73. The van der Waals surface area contributed by atoms with Gasteiger partial charge < -0.3 is 0 Å². The first-order valence-electron chi connectivity index (χ1n) is 11.7. The molecule has 0 spiro atoms. The van der Waals surface area contributed by atoms with Crippen LogP contribution in [0.4, 0.5) is 0 Å². The Balaban J connectivity index is 2.26. The maximum Gasteiger partial charge on any atom is 0.0316 e. The summed E-state index contributed by atoms with van der Waals surface area (Å²) in [5, 5.41) is 0. The van der Waals surface area contributed by atoms with Crippen molar-refractivity contribution in [3.63, 3.8) is 0 Å². The van der Waals surface area contributed by atoms with Gasteiger partial charge in [0.25, 0.3) is 0 Å². The highest BCUT2D eigenvalue weighted by Gasteiger charge is 2.21. The van der Waals surface area contributed by atoms with E-state index in [1.54, 1.807) is 0 Å². The maximum atomic E-state index is 4.38. The normalized spacial score (nSPS) is 30.2. The van der Waals surface area contributed by atoms with Crippen LogP contribution in [0.1, 0.15) is 79.1 Å². The summed E-state index contributed by atoms with van der Waals surface area (Å²) in [5.41, 5.74) is 4.09. The van der Waals surface area contributed by atoms with E-state index in [1.165, 1.54) is 74.8 Å². The van der Waals surface area contributed by atoms with Crippen molar-refractivity contribution in [1.29, 1.82) is 0 Å². The number of rotatable bonds is 6. The van der Waals surface area contributed by atoms with E-state index in [4.69, 9.17) is 0 Å². The van der Waals surface area contributed by atoms with Crippen molar-refractivity contribution < 1.29 is 0 Å². The van der Waals surface area contributed by atoms with Crippen LogP contribution in [0.3, 0.4) is 0 Å². The van der Waals surface area contributed by atoms with Crippen LogP contribution in [-0.4, -0.2) is 24.0 Å². The van der Waals surface area contributed by atoms with Gasteiger partial charge in [0, 0.05) is 6.04 Å². The predicted octanol–water partition coefficient (Wildman–Crippen LogP) is 7.64. The molecule has 2 aliphatic rings. The van der Waals surface area contributed by atoms with Gasteiger partial charge in [-0.3, -0.25) is 4.90 Å². The molecule has 1 fully saturated rings. The lowest BCUT2D eigenvalue weighted by molar-refractivity contribution is 0.195. The summed E-state index contributed by atoms with van der Waals surface area (Å²) >= 11 is 0. The Bertz CT molecular complexity index is 604. The first kappa shape index (κ1) is 22.9. The zero-order valence-electron chi connectivity index (χ0n) is 18.9. The largest absolute Gasteiger partial charge is 0.297 e. The molecule has 1 aliphatic carbocycles. The number of hydrogen-bond donors (Lipinski definition) is 0. The molecule has 1 heterocycles. The van der Waals surface area contributed by atoms with Gasteiger partial charge in [0.2, 0.25) is 0 Å². The van der Waals surface area contributed by atoms with Gasteiger partial charge in [-0.05, 0) is 74.3 Å². The molecule has 0 aromatic rings. The molecule has 0 aromatic carbocycles. The van der Waals surface area contributed by atoms with Crippen molar-refractivity contribution in [2.24, 2.45) is 11.8 Å². The Morgan fingerprint density at radius 3 is 2.82 bits per heavy atom. The molecule has 156 valence electrons. The van der Waals surface area contributed by atoms with Crippen LogP contribution in [0.15, 0.2) is 59.8 Å². The van der Waals surface area contributed by atoms with Gasteiger partial charge >= 0.3 is 0 Å². The quantitative estimate of drug-likeness (QED) is 0.427. The van der Waals surface area contributed by atoms with Gasteiger partial charge in [0.15, 0.2) is 0 Å². The minimum Gasteiger partial charge on any atom is -0.297 e. The monoisotopic (exact) mass is 381 g/mol. The number of likely N-dealkylation sites (tertiary alicyclic amines) is 1. The van der Waals surface area contributed by atoms with Crippen molar-refractivity contribution in [1.82, 2.24) is 4.90 Å². The molecule has 0 N–H and O–H groups in total. The topological polar surface area (TPSA) is 3.24 Å². The van der Waals surface area contributed by atoms with Crippen LogP contribution in [-0.2, 0) is 0 Å². The van der Waals surface area contributed by atoms with E-state index in [-0.39, 0.29) is 0 Å². The highest BCUT2D eigenvalue weighted by atomic mass is 15.1. The molecule has 0 amide bonds. The van der Waals surface area contributed by atoms with E-state index in [0.717, 1.165) is 12.3 Å². The minimum absolute atomic E-state index is 0.486. The standard InChI is InChI=1S/C27H43N/c1-6-7-9-17-26(21-27-23(3)15-10-8-11-16-24(27)4)25(5)28-19-13-12-14-22(2)18-20-28/h8,10-11,15,17,21-22,24-25H,3,6-7,9,12-14,16,18-20H2,1-2,4-5H3/b11-8+,15-10-,26-17+,27-21+. The van der Waals surface area contributed by atoms with Crippen LogP contribution in [0.5, 0.6) is 0 Å². The molecule has 1 aliphatic heterocycles. The highest BCUT2D eigenvalue weighted by molar-refractivity contribution is 5.45. The summed E-state index contributed by atoms with van der Waals surface area (Å²) < 4.78 is 0. The summed E-state index contributed by atoms with van der Waals surface area (Å²) in [5.74, 6) is 1.38. The molecule has 2 rings (SSSR count). The van der Waals surface area contributed by atoms with Gasteiger partial charge in [-0.25, -0.2) is 0 Å². The fraction of sp³-hybridized carbons (Fsp3) is 0.630. The Hall–Kier alpha value is -1.34. The fourth-order valence-corrected chi connectivity index (χ4v) is 4.36. The average Bonchev–Trinajstić information content (AvgIpc) is 2.65. The Morgan fingerprint density at radius 2 is 2.04 bits per heavy atom. The smallest absolute Gasteiger partial charge is 0.0316 e. The van der Waals surface area contributed by atoms with Crippen LogP contribution < -0.4 is 0 Å². The van der Waals surface area contributed by atoms with Gasteiger partial charge in [-0.15, -0.1) is 0 Å². The van der Waals surface area contributed by atoms with Crippen molar-refractivity contribution in [3.8, 4) is 0 Å². The van der Waals surface area contributed by atoms with Gasteiger partial charge in [-0.2, -0.15) is 0 Å². The van der Waals surface area contributed by atoms with Crippen LogP contribution >= 0.6 is 0 Å². The van der Waals surface area contributed by atoms with Gasteiger partial charge in [0.1, 0.15) is 0 Å². The second kappa shape index (κ2) is 12.3.